The van der Waals surface area contributed by atoms with Crippen LogP contribution in [-0.2, 0) is 9.53 Å². The molecule has 1 aromatic heterocycles. The standard InChI is InChI=1S/C24H25N5O2S/c1-17(2)19-6-8-21(9-7-19)29-16-26-27-24(29)32-15-23(30)28-10-11-31-22(14-28)20-5-3-4-18(12-20)13-25/h3-9,12,16-17,22H,10-11,14-15H2,1-2H3. The molecule has 1 aliphatic rings. The number of carbonyl (C=O) groups excluding carboxylic acids is 1. The molecule has 0 N–H and O–H groups in total. The largest absolute Gasteiger partial charge is 0.370 e. The first kappa shape index (κ1) is 22.1. The Labute approximate surface area is 192 Å². The summed E-state index contributed by atoms with van der Waals surface area (Å²) in [4.78, 5) is 14.7. The molecule has 0 spiro atoms. The molecule has 0 aliphatic carbocycles. The van der Waals surface area contributed by atoms with Gasteiger partial charge in [0.2, 0.25) is 5.91 Å². The van der Waals surface area contributed by atoms with Crippen molar-refractivity contribution in [1.82, 2.24) is 19.7 Å². The Bertz CT molecular complexity index is 1120. The van der Waals surface area contributed by atoms with Crippen molar-refractivity contribution in [1.29, 1.82) is 5.26 Å². The van der Waals surface area contributed by atoms with Gasteiger partial charge in [0.25, 0.3) is 0 Å². The third-order valence-corrected chi connectivity index (χ3v) is 6.41. The van der Waals surface area contributed by atoms with E-state index in [1.54, 1.807) is 12.4 Å². The van der Waals surface area contributed by atoms with E-state index in [1.165, 1.54) is 17.3 Å². The molecule has 0 saturated carbocycles. The van der Waals surface area contributed by atoms with E-state index in [2.05, 4.69) is 42.2 Å². The third kappa shape index (κ3) is 5.01. The number of benzene rings is 2. The Morgan fingerprint density at radius 2 is 2.09 bits per heavy atom. The normalized spacial score (nSPS) is 16.2. The van der Waals surface area contributed by atoms with Gasteiger partial charge in [-0.05, 0) is 41.3 Å². The second-order valence-electron chi connectivity index (χ2n) is 7.95. The zero-order valence-electron chi connectivity index (χ0n) is 18.1. The van der Waals surface area contributed by atoms with Crippen LogP contribution in [0.4, 0.5) is 0 Å². The Hall–Kier alpha value is -3.15. The molecule has 1 unspecified atom stereocenters. The zero-order chi connectivity index (χ0) is 22.5. The van der Waals surface area contributed by atoms with Gasteiger partial charge in [0.05, 0.1) is 30.5 Å². The first-order valence-electron chi connectivity index (χ1n) is 10.6. The lowest BCUT2D eigenvalue weighted by Gasteiger charge is -2.33. The molecule has 1 saturated heterocycles. The summed E-state index contributed by atoms with van der Waals surface area (Å²) in [6.45, 7) is 5.82. The van der Waals surface area contributed by atoms with Gasteiger partial charge >= 0.3 is 0 Å². The predicted molar refractivity (Wildman–Crippen MR) is 123 cm³/mol. The number of nitriles is 1. The summed E-state index contributed by atoms with van der Waals surface area (Å²) in [5.41, 5.74) is 3.75. The number of hydrogen-bond acceptors (Lipinski definition) is 6. The van der Waals surface area contributed by atoms with Crippen LogP contribution in [0.1, 0.15) is 42.6 Å². The first-order valence-corrected chi connectivity index (χ1v) is 11.6. The third-order valence-electron chi connectivity index (χ3n) is 5.49. The molecule has 8 heteroatoms. The van der Waals surface area contributed by atoms with Gasteiger partial charge in [-0.2, -0.15) is 5.26 Å². The summed E-state index contributed by atoms with van der Waals surface area (Å²) in [6.07, 6.45) is 1.44. The number of ether oxygens (including phenoxy) is 1. The van der Waals surface area contributed by atoms with E-state index in [9.17, 15) is 4.79 Å². The second kappa shape index (κ2) is 9.98. The fourth-order valence-electron chi connectivity index (χ4n) is 3.62. The minimum absolute atomic E-state index is 0.0319. The van der Waals surface area contributed by atoms with Crippen molar-refractivity contribution in [3.8, 4) is 11.8 Å². The minimum atomic E-state index is -0.228. The summed E-state index contributed by atoms with van der Waals surface area (Å²) in [5, 5.41) is 18.0. The minimum Gasteiger partial charge on any atom is -0.370 e. The van der Waals surface area contributed by atoms with Crippen LogP contribution in [0.5, 0.6) is 0 Å². The molecule has 2 heterocycles. The van der Waals surface area contributed by atoms with Gasteiger partial charge in [-0.25, -0.2) is 0 Å². The van der Waals surface area contributed by atoms with Crippen LogP contribution in [0, 0.1) is 11.3 Å². The molecule has 1 fully saturated rings. The van der Waals surface area contributed by atoms with Gasteiger partial charge in [0, 0.05) is 12.2 Å². The summed E-state index contributed by atoms with van der Waals surface area (Å²) >= 11 is 1.38. The lowest BCUT2D eigenvalue weighted by atomic mass is 10.0. The Morgan fingerprint density at radius 1 is 1.28 bits per heavy atom. The van der Waals surface area contributed by atoms with E-state index in [-0.39, 0.29) is 17.8 Å². The smallest absolute Gasteiger partial charge is 0.233 e. The van der Waals surface area contributed by atoms with Crippen molar-refractivity contribution >= 4 is 17.7 Å². The van der Waals surface area contributed by atoms with Crippen LogP contribution >= 0.6 is 11.8 Å². The molecule has 1 atom stereocenters. The Kier molecular flexibility index (Phi) is 6.88. The van der Waals surface area contributed by atoms with Crippen LogP contribution in [0.3, 0.4) is 0 Å². The number of hydrogen-bond donors (Lipinski definition) is 0. The number of nitrogens with zero attached hydrogens (tertiary/aromatic N) is 5. The monoisotopic (exact) mass is 447 g/mol. The molecule has 4 rings (SSSR count). The number of aromatic nitrogens is 3. The van der Waals surface area contributed by atoms with Crippen molar-refractivity contribution in [2.45, 2.75) is 31.0 Å². The van der Waals surface area contributed by atoms with Gasteiger partial charge in [-0.3, -0.25) is 9.36 Å². The summed E-state index contributed by atoms with van der Waals surface area (Å²) < 4.78 is 7.76. The number of rotatable bonds is 6. The predicted octanol–water partition coefficient (Wildman–Crippen LogP) is 3.95. The molecule has 1 amide bonds. The molecular weight excluding hydrogens is 422 g/mol. The molecule has 0 radical (unpaired) electrons. The van der Waals surface area contributed by atoms with E-state index in [0.717, 1.165) is 11.3 Å². The summed E-state index contributed by atoms with van der Waals surface area (Å²) in [7, 11) is 0. The molecule has 2 aromatic carbocycles. The van der Waals surface area contributed by atoms with Crippen LogP contribution < -0.4 is 0 Å². The van der Waals surface area contributed by atoms with Crippen LogP contribution in [0.2, 0.25) is 0 Å². The van der Waals surface area contributed by atoms with Crippen LogP contribution in [0.25, 0.3) is 5.69 Å². The summed E-state index contributed by atoms with van der Waals surface area (Å²) in [6, 6.07) is 17.8. The van der Waals surface area contributed by atoms with Crippen molar-refractivity contribution in [2.24, 2.45) is 0 Å². The van der Waals surface area contributed by atoms with E-state index >= 15 is 0 Å². The Morgan fingerprint density at radius 3 is 2.84 bits per heavy atom. The van der Waals surface area contributed by atoms with E-state index in [0.29, 0.717) is 36.3 Å². The van der Waals surface area contributed by atoms with Gasteiger partial charge < -0.3 is 9.64 Å². The van der Waals surface area contributed by atoms with Crippen LogP contribution in [-0.4, -0.2) is 51.0 Å². The highest BCUT2D eigenvalue weighted by atomic mass is 32.2. The lowest BCUT2D eigenvalue weighted by molar-refractivity contribution is -0.136. The maximum absolute atomic E-state index is 12.9. The number of carbonyl (C=O) groups is 1. The summed E-state index contributed by atoms with van der Waals surface area (Å²) in [5.74, 6) is 0.772. The zero-order valence-corrected chi connectivity index (χ0v) is 19.0. The molecule has 32 heavy (non-hydrogen) atoms. The fraction of sp³-hybridized carbons (Fsp3) is 0.333. The molecule has 3 aromatic rings. The van der Waals surface area contributed by atoms with Crippen LogP contribution in [0.15, 0.2) is 60.0 Å². The Balaban J connectivity index is 1.39. The highest BCUT2D eigenvalue weighted by Crippen LogP contribution is 2.25. The average molecular weight is 448 g/mol. The fourth-order valence-corrected chi connectivity index (χ4v) is 4.45. The lowest BCUT2D eigenvalue weighted by Crippen LogP contribution is -2.43. The van der Waals surface area contributed by atoms with Gasteiger partial charge in [-0.1, -0.05) is 49.9 Å². The topological polar surface area (TPSA) is 84.0 Å². The van der Waals surface area contributed by atoms with E-state index in [1.807, 2.05) is 39.8 Å². The molecule has 1 aliphatic heterocycles. The number of amides is 1. The SMILES string of the molecule is CC(C)c1ccc(-n2cnnc2SCC(=O)N2CCOC(c3cccc(C#N)c3)C2)cc1. The van der Waals surface area contributed by atoms with Gasteiger partial charge in [0.15, 0.2) is 5.16 Å². The van der Waals surface area contributed by atoms with Gasteiger partial charge in [-0.15, -0.1) is 10.2 Å². The molecular formula is C24H25N5O2S. The molecule has 0 bridgehead atoms. The van der Waals surface area contributed by atoms with Crippen molar-refractivity contribution in [2.75, 3.05) is 25.4 Å². The highest BCUT2D eigenvalue weighted by molar-refractivity contribution is 7.99. The van der Waals surface area contributed by atoms with Gasteiger partial charge in [0.1, 0.15) is 12.4 Å². The number of morpholine rings is 1. The van der Waals surface area contributed by atoms with Crippen molar-refractivity contribution < 1.29 is 9.53 Å². The first-order chi connectivity index (χ1) is 15.5. The molecule has 7 nitrogen and oxygen atoms in total. The average Bonchev–Trinajstić information content (AvgIpc) is 3.31. The van der Waals surface area contributed by atoms with E-state index < -0.39 is 0 Å². The number of thioether (sulfide) groups is 1. The van der Waals surface area contributed by atoms with Crippen molar-refractivity contribution in [3.05, 3.63) is 71.5 Å². The van der Waals surface area contributed by atoms with E-state index in [4.69, 9.17) is 10.00 Å². The second-order valence-corrected chi connectivity index (χ2v) is 8.90. The maximum atomic E-state index is 12.9. The quantitative estimate of drug-likeness (QED) is 0.532. The van der Waals surface area contributed by atoms with Crippen molar-refractivity contribution in [3.63, 3.8) is 0 Å². The molecule has 164 valence electrons. The highest BCUT2D eigenvalue weighted by Gasteiger charge is 2.26. The maximum Gasteiger partial charge on any atom is 0.233 e.